The average Bonchev–Trinajstić information content (AvgIpc) is 3.49. The smallest absolute Gasteiger partial charge is 0.338 e. The fourth-order valence-corrected chi connectivity index (χ4v) is 10.7. The summed E-state index contributed by atoms with van der Waals surface area (Å²) in [6.07, 6.45) is 13.6. The minimum atomic E-state index is -0.453. The van der Waals surface area contributed by atoms with Gasteiger partial charge < -0.3 is 9.47 Å². The van der Waals surface area contributed by atoms with Crippen molar-refractivity contribution < 1.29 is 19.2 Å². The number of carbonyl (C=O) groups excluding carboxylic acids is 1. The van der Waals surface area contributed by atoms with E-state index in [1.54, 1.807) is 0 Å². The van der Waals surface area contributed by atoms with E-state index < -0.39 is 10.9 Å². The maximum atomic E-state index is 12.9. The molecule has 0 aromatic heterocycles. The molecule has 1 heterocycles. The Bertz CT molecular complexity index is 1130. The summed E-state index contributed by atoms with van der Waals surface area (Å²) >= 11 is 0. The molecule has 10 atom stereocenters. The Morgan fingerprint density at radius 3 is 2.50 bits per heavy atom. The Labute approximate surface area is 240 Å². The number of fused-ring (bicyclic) bond motifs is 4. The van der Waals surface area contributed by atoms with Gasteiger partial charge in [-0.1, -0.05) is 53.9 Å². The second kappa shape index (κ2) is 10.1. The highest BCUT2D eigenvalue weighted by atomic mass is 16.6. The first-order chi connectivity index (χ1) is 19.0. The molecular weight excluding hydrogens is 502 g/mol. The Kier molecular flexibility index (Phi) is 7.12. The first-order valence-corrected chi connectivity index (χ1v) is 16.1. The molecule has 1 aromatic rings. The average molecular weight is 552 g/mol. The van der Waals surface area contributed by atoms with Gasteiger partial charge in [0.1, 0.15) is 11.7 Å². The zero-order valence-electron chi connectivity index (χ0n) is 25.2. The summed E-state index contributed by atoms with van der Waals surface area (Å²) in [6, 6.07) is 5.72. The van der Waals surface area contributed by atoms with Crippen LogP contribution >= 0.6 is 0 Å². The Morgan fingerprint density at radius 2 is 1.80 bits per heavy atom. The van der Waals surface area contributed by atoms with Crippen LogP contribution in [0.3, 0.4) is 0 Å². The van der Waals surface area contributed by atoms with Gasteiger partial charge in [0.15, 0.2) is 0 Å². The third kappa shape index (κ3) is 4.42. The van der Waals surface area contributed by atoms with Crippen LogP contribution in [0.2, 0.25) is 0 Å². The number of nitrogens with zero attached hydrogens (tertiary/aromatic N) is 1. The van der Waals surface area contributed by atoms with E-state index >= 15 is 0 Å². The van der Waals surface area contributed by atoms with Gasteiger partial charge in [-0.2, -0.15) is 0 Å². The van der Waals surface area contributed by atoms with Crippen LogP contribution in [0.4, 0.5) is 5.69 Å². The van der Waals surface area contributed by atoms with E-state index in [0.717, 1.165) is 48.9 Å². The van der Waals surface area contributed by atoms with Crippen LogP contribution in [-0.4, -0.2) is 28.7 Å². The third-order valence-electron chi connectivity index (χ3n) is 12.8. The number of nitro benzene ring substituents is 1. The Morgan fingerprint density at radius 1 is 1.05 bits per heavy atom. The van der Waals surface area contributed by atoms with Gasteiger partial charge in [0.05, 0.1) is 16.6 Å². The van der Waals surface area contributed by atoms with Crippen LogP contribution in [0.25, 0.3) is 0 Å². The summed E-state index contributed by atoms with van der Waals surface area (Å²) < 4.78 is 12.7. The van der Waals surface area contributed by atoms with Crippen LogP contribution in [0.15, 0.2) is 24.3 Å². The van der Waals surface area contributed by atoms with E-state index in [0.29, 0.717) is 23.0 Å². The van der Waals surface area contributed by atoms with Crippen molar-refractivity contribution in [3.8, 4) is 0 Å². The van der Waals surface area contributed by atoms with Crippen LogP contribution in [0, 0.1) is 56.5 Å². The van der Waals surface area contributed by atoms with E-state index in [1.807, 2.05) is 0 Å². The monoisotopic (exact) mass is 551 g/mol. The lowest BCUT2D eigenvalue weighted by Gasteiger charge is -2.59. The molecule has 220 valence electrons. The highest BCUT2D eigenvalue weighted by Gasteiger charge is 2.76. The van der Waals surface area contributed by atoms with E-state index in [4.69, 9.17) is 9.47 Å². The maximum absolute atomic E-state index is 12.9. The van der Waals surface area contributed by atoms with Gasteiger partial charge >= 0.3 is 5.97 Å². The van der Waals surface area contributed by atoms with Crippen LogP contribution in [0.1, 0.15) is 116 Å². The highest BCUT2D eigenvalue weighted by Crippen LogP contribution is 2.74. The molecular formula is C34H49NO5. The highest BCUT2D eigenvalue weighted by molar-refractivity contribution is 5.89. The van der Waals surface area contributed by atoms with Crippen molar-refractivity contribution in [2.45, 2.75) is 123 Å². The lowest BCUT2D eigenvalue weighted by atomic mass is 9.44. The normalized spacial score (nSPS) is 42.2. The number of epoxide rings is 1. The summed E-state index contributed by atoms with van der Waals surface area (Å²) in [6.45, 7) is 12.4. The van der Waals surface area contributed by atoms with Crippen molar-refractivity contribution in [2.24, 2.45) is 46.3 Å². The SMILES string of the molecule is CC(C)CCC[C@H](C)[C@@H]1CC[C@@H]2[C@H]3C[C@@H]4O[C@@]45C[C@@H](OC(=O)c4ccc([N+](=O)[O-])cc4)CC[C@]5(C)[C@@H]3CC[C@]21C. The number of ether oxygens (including phenoxy) is 2. The van der Waals surface area contributed by atoms with Crippen molar-refractivity contribution in [1.29, 1.82) is 0 Å². The summed E-state index contributed by atoms with van der Waals surface area (Å²) in [7, 11) is 0. The number of esters is 1. The van der Waals surface area contributed by atoms with Gasteiger partial charge in [0.25, 0.3) is 5.69 Å². The van der Waals surface area contributed by atoms with E-state index in [9.17, 15) is 14.9 Å². The molecule has 4 aliphatic carbocycles. The number of hydrogen-bond donors (Lipinski definition) is 0. The molecule has 0 N–H and O–H groups in total. The molecule has 0 unspecified atom stereocenters. The first kappa shape index (κ1) is 28.2. The summed E-state index contributed by atoms with van der Waals surface area (Å²) in [5, 5.41) is 11.0. The molecule has 5 fully saturated rings. The lowest BCUT2D eigenvalue weighted by molar-refractivity contribution is -0.384. The number of carbonyl (C=O) groups is 1. The van der Waals surface area contributed by atoms with Gasteiger partial charge in [-0.3, -0.25) is 10.1 Å². The quantitative estimate of drug-likeness (QED) is 0.140. The zero-order valence-corrected chi connectivity index (χ0v) is 25.2. The van der Waals surface area contributed by atoms with Gasteiger partial charge in [0.2, 0.25) is 0 Å². The van der Waals surface area contributed by atoms with E-state index in [-0.39, 0.29) is 22.8 Å². The molecule has 0 radical (unpaired) electrons. The number of hydrogen-bond acceptors (Lipinski definition) is 5. The largest absolute Gasteiger partial charge is 0.459 e. The molecule has 4 saturated carbocycles. The predicted molar refractivity (Wildman–Crippen MR) is 155 cm³/mol. The fraction of sp³-hybridized carbons (Fsp3) is 0.794. The number of rotatable bonds is 8. The minimum Gasteiger partial charge on any atom is -0.459 e. The topological polar surface area (TPSA) is 82.0 Å². The molecule has 6 heteroatoms. The van der Waals surface area contributed by atoms with Crippen molar-refractivity contribution in [1.82, 2.24) is 0 Å². The molecule has 1 aliphatic heterocycles. The second-order valence-corrected chi connectivity index (χ2v) is 15.1. The second-order valence-electron chi connectivity index (χ2n) is 15.1. The van der Waals surface area contributed by atoms with E-state index in [2.05, 4.69) is 34.6 Å². The van der Waals surface area contributed by atoms with Gasteiger partial charge in [0, 0.05) is 24.0 Å². The van der Waals surface area contributed by atoms with Crippen LogP contribution < -0.4 is 0 Å². The molecule has 6 nitrogen and oxygen atoms in total. The third-order valence-corrected chi connectivity index (χ3v) is 12.8. The predicted octanol–water partition coefficient (Wildman–Crippen LogP) is 8.37. The van der Waals surface area contributed by atoms with Gasteiger partial charge in [-0.05, 0) is 98.0 Å². The van der Waals surface area contributed by atoms with Crippen molar-refractivity contribution >= 4 is 11.7 Å². The zero-order chi connectivity index (χ0) is 28.4. The molecule has 1 aromatic carbocycles. The van der Waals surface area contributed by atoms with Crippen molar-refractivity contribution in [2.75, 3.05) is 0 Å². The molecule has 0 bridgehead atoms. The van der Waals surface area contributed by atoms with Gasteiger partial charge in [-0.25, -0.2) is 4.79 Å². The van der Waals surface area contributed by atoms with E-state index in [1.165, 1.54) is 75.6 Å². The molecule has 6 rings (SSSR count). The maximum Gasteiger partial charge on any atom is 0.338 e. The summed E-state index contributed by atoms with van der Waals surface area (Å²) in [4.78, 5) is 23.4. The Balaban J connectivity index is 1.12. The molecule has 0 amide bonds. The standard InChI is InChI=1S/C34H49NO5/c1-21(2)7-6-8-22(3)27-13-14-28-26-19-30-34(40-30)20-25(15-18-33(34,5)29(26)16-17-32(27,28)4)39-31(36)23-9-11-24(12-10-23)35(37)38/h9-12,21-22,25-30H,6-8,13-20H2,1-5H3/t22-,25-,26+,27-,28+,29+,30-,32-,33+,34-/m0/s1. The first-order valence-electron chi connectivity index (χ1n) is 16.1. The lowest BCUT2D eigenvalue weighted by Crippen LogP contribution is -2.59. The molecule has 40 heavy (non-hydrogen) atoms. The molecule has 1 spiro atoms. The summed E-state index contributed by atoms with van der Waals surface area (Å²) in [5.41, 5.74) is 0.824. The molecule has 1 saturated heterocycles. The van der Waals surface area contributed by atoms with Gasteiger partial charge in [-0.15, -0.1) is 0 Å². The number of non-ortho nitro benzene ring substituents is 1. The minimum absolute atomic E-state index is 0.0207. The number of nitro groups is 1. The fourth-order valence-electron chi connectivity index (χ4n) is 10.7. The van der Waals surface area contributed by atoms with Crippen molar-refractivity contribution in [3.63, 3.8) is 0 Å². The summed E-state index contributed by atoms with van der Waals surface area (Å²) in [5.74, 6) is 4.38. The van der Waals surface area contributed by atoms with Crippen LogP contribution in [0.5, 0.6) is 0 Å². The molecule has 5 aliphatic rings. The van der Waals surface area contributed by atoms with Crippen LogP contribution in [-0.2, 0) is 9.47 Å². The van der Waals surface area contributed by atoms with Crippen molar-refractivity contribution in [3.05, 3.63) is 39.9 Å². The Hall–Kier alpha value is -1.95. The number of benzene rings is 1.